The lowest BCUT2D eigenvalue weighted by Gasteiger charge is -2.13. The highest BCUT2D eigenvalue weighted by Gasteiger charge is 2.07. The van der Waals surface area contributed by atoms with Crippen LogP contribution in [0.5, 0.6) is 0 Å². The van der Waals surface area contributed by atoms with Gasteiger partial charge in [-0.2, -0.15) is 15.0 Å². The molecular weight excluding hydrogens is 214 g/mol. The molecule has 0 bridgehead atoms. The van der Waals surface area contributed by atoms with Gasteiger partial charge in [0.25, 0.3) is 0 Å². The van der Waals surface area contributed by atoms with Crippen LogP contribution in [0.2, 0.25) is 5.28 Å². The van der Waals surface area contributed by atoms with Crippen molar-refractivity contribution in [1.29, 1.82) is 0 Å². The molecule has 0 aliphatic heterocycles. The number of hydrogen-bond acceptors (Lipinski definition) is 5. The summed E-state index contributed by atoms with van der Waals surface area (Å²) in [6, 6.07) is 0.0819. The maximum absolute atomic E-state index is 5.77. The normalized spacial score (nSPS) is 12.0. The lowest BCUT2D eigenvalue weighted by molar-refractivity contribution is 0.912. The molecule has 1 rings (SSSR count). The van der Waals surface area contributed by atoms with Crippen LogP contribution in [0.15, 0.2) is 12.7 Å². The molecule has 0 amide bonds. The number of aromatic nitrogens is 3. The molecule has 1 heterocycles. The van der Waals surface area contributed by atoms with Crippen molar-refractivity contribution in [2.75, 3.05) is 24.3 Å². The van der Waals surface area contributed by atoms with Crippen molar-refractivity contribution in [3.63, 3.8) is 0 Å². The molecule has 0 saturated heterocycles. The fourth-order valence-electron chi connectivity index (χ4n) is 0.867. The summed E-state index contributed by atoms with van der Waals surface area (Å²) in [5.41, 5.74) is 0. The van der Waals surface area contributed by atoms with Gasteiger partial charge in [0, 0.05) is 20.1 Å². The maximum Gasteiger partial charge on any atom is 0.230 e. The van der Waals surface area contributed by atoms with Gasteiger partial charge < -0.3 is 10.2 Å². The Labute approximate surface area is 94.2 Å². The van der Waals surface area contributed by atoms with Crippen molar-refractivity contribution in [1.82, 2.24) is 15.0 Å². The van der Waals surface area contributed by atoms with E-state index in [0.29, 0.717) is 11.9 Å². The molecule has 0 radical (unpaired) electrons. The third-order valence-corrected chi connectivity index (χ3v) is 1.88. The predicted molar refractivity (Wildman–Crippen MR) is 62.4 cm³/mol. The van der Waals surface area contributed by atoms with E-state index in [1.165, 1.54) is 0 Å². The van der Waals surface area contributed by atoms with Crippen LogP contribution in [-0.2, 0) is 0 Å². The highest BCUT2D eigenvalue weighted by Crippen LogP contribution is 2.12. The van der Waals surface area contributed by atoms with Crippen LogP contribution in [0.4, 0.5) is 11.9 Å². The fourth-order valence-corrected chi connectivity index (χ4v) is 1.02. The zero-order chi connectivity index (χ0) is 11.4. The number of anilines is 2. The van der Waals surface area contributed by atoms with Crippen LogP contribution in [-0.4, -0.2) is 35.1 Å². The van der Waals surface area contributed by atoms with Gasteiger partial charge in [-0.3, -0.25) is 0 Å². The molecule has 0 saturated carbocycles. The Morgan fingerprint density at radius 3 is 2.60 bits per heavy atom. The topological polar surface area (TPSA) is 53.9 Å². The van der Waals surface area contributed by atoms with E-state index in [9.17, 15) is 0 Å². The van der Waals surface area contributed by atoms with Crippen molar-refractivity contribution in [3.8, 4) is 0 Å². The minimum absolute atomic E-state index is 0.0819. The standard InChI is InChI=1S/C9H14ClN5/c1-5-6(2)11-8-12-7(10)13-9(14-8)15(3)4/h5-6H,1H2,2-4H3,(H,11,12,13,14). The van der Waals surface area contributed by atoms with E-state index in [1.807, 2.05) is 21.0 Å². The van der Waals surface area contributed by atoms with Crippen LogP contribution in [0, 0.1) is 0 Å². The summed E-state index contributed by atoms with van der Waals surface area (Å²) in [6.07, 6.45) is 1.76. The van der Waals surface area contributed by atoms with Gasteiger partial charge in [0.2, 0.25) is 17.2 Å². The minimum Gasteiger partial charge on any atom is -0.348 e. The highest BCUT2D eigenvalue weighted by atomic mass is 35.5. The van der Waals surface area contributed by atoms with Crippen LogP contribution >= 0.6 is 11.6 Å². The summed E-state index contributed by atoms with van der Waals surface area (Å²) in [4.78, 5) is 13.9. The molecule has 5 nitrogen and oxygen atoms in total. The van der Waals surface area contributed by atoms with Gasteiger partial charge in [-0.15, -0.1) is 6.58 Å². The Kier molecular flexibility index (Phi) is 3.85. The van der Waals surface area contributed by atoms with Gasteiger partial charge in [0.1, 0.15) is 0 Å². The average Bonchev–Trinajstić information content (AvgIpc) is 2.16. The molecular formula is C9H14ClN5. The van der Waals surface area contributed by atoms with E-state index in [-0.39, 0.29) is 11.3 Å². The number of halogens is 1. The number of rotatable bonds is 4. The number of nitrogens with zero attached hydrogens (tertiary/aromatic N) is 4. The second kappa shape index (κ2) is 4.93. The number of nitrogens with one attached hydrogen (secondary N) is 1. The zero-order valence-electron chi connectivity index (χ0n) is 9.03. The van der Waals surface area contributed by atoms with Crippen LogP contribution in [0.1, 0.15) is 6.92 Å². The summed E-state index contributed by atoms with van der Waals surface area (Å²) < 4.78 is 0. The smallest absolute Gasteiger partial charge is 0.230 e. The molecule has 15 heavy (non-hydrogen) atoms. The molecule has 0 fully saturated rings. The zero-order valence-corrected chi connectivity index (χ0v) is 9.78. The molecule has 0 aliphatic rings. The Morgan fingerprint density at radius 2 is 2.07 bits per heavy atom. The lowest BCUT2D eigenvalue weighted by atomic mass is 10.3. The summed E-state index contributed by atoms with van der Waals surface area (Å²) in [5.74, 6) is 0.972. The largest absolute Gasteiger partial charge is 0.348 e. The third-order valence-electron chi connectivity index (χ3n) is 1.71. The first-order valence-electron chi connectivity index (χ1n) is 4.51. The Hall–Kier alpha value is -1.36. The molecule has 6 heteroatoms. The van der Waals surface area contributed by atoms with Crippen LogP contribution < -0.4 is 10.2 Å². The van der Waals surface area contributed by atoms with E-state index in [1.54, 1.807) is 11.0 Å². The predicted octanol–water partition coefficient (Wildman–Crippen LogP) is 1.58. The first-order valence-corrected chi connectivity index (χ1v) is 4.88. The number of hydrogen-bond donors (Lipinski definition) is 1. The quantitative estimate of drug-likeness (QED) is 0.792. The summed E-state index contributed by atoms with van der Waals surface area (Å²) in [6.45, 7) is 5.60. The van der Waals surface area contributed by atoms with Crippen molar-refractivity contribution in [3.05, 3.63) is 17.9 Å². The van der Waals surface area contributed by atoms with E-state index >= 15 is 0 Å². The first-order chi connectivity index (χ1) is 7.02. The fraction of sp³-hybridized carbons (Fsp3) is 0.444. The lowest BCUT2D eigenvalue weighted by Crippen LogP contribution is -2.18. The van der Waals surface area contributed by atoms with E-state index in [2.05, 4.69) is 26.8 Å². The summed E-state index contributed by atoms with van der Waals surface area (Å²) in [5, 5.41) is 3.21. The molecule has 1 aromatic rings. The SMILES string of the molecule is C=CC(C)Nc1nc(Cl)nc(N(C)C)n1. The monoisotopic (exact) mass is 227 g/mol. The van der Waals surface area contributed by atoms with E-state index in [0.717, 1.165) is 0 Å². The first kappa shape index (κ1) is 11.7. The molecule has 0 aromatic carbocycles. The second-order valence-corrected chi connectivity index (χ2v) is 3.63. The van der Waals surface area contributed by atoms with E-state index < -0.39 is 0 Å². The highest BCUT2D eigenvalue weighted by molar-refractivity contribution is 6.28. The van der Waals surface area contributed by atoms with Gasteiger partial charge in [-0.25, -0.2) is 0 Å². The maximum atomic E-state index is 5.77. The van der Waals surface area contributed by atoms with Crippen LogP contribution in [0.3, 0.4) is 0 Å². The molecule has 1 N–H and O–H groups in total. The Balaban J connectivity index is 2.93. The molecule has 82 valence electrons. The minimum atomic E-state index is 0.0819. The Bertz CT molecular complexity index is 352. The average molecular weight is 228 g/mol. The summed E-state index contributed by atoms with van der Waals surface area (Å²) >= 11 is 5.77. The molecule has 0 spiro atoms. The Morgan fingerprint density at radius 1 is 1.40 bits per heavy atom. The van der Waals surface area contributed by atoms with E-state index in [4.69, 9.17) is 11.6 Å². The van der Waals surface area contributed by atoms with Gasteiger partial charge in [0.15, 0.2) is 0 Å². The van der Waals surface area contributed by atoms with Gasteiger partial charge >= 0.3 is 0 Å². The van der Waals surface area contributed by atoms with Crippen molar-refractivity contribution >= 4 is 23.5 Å². The third kappa shape index (κ3) is 3.36. The van der Waals surface area contributed by atoms with Crippen molar-refractivity contribution in [2.24, 2.45) is 0 Å². The van der Waals surface area contributed by atoms with Gasteiger partial charge in [-0.1, -0.05) is 6.08 Å². The van der Waals surface area contributed by atoms with Gasteiger partial charge in [-0.05, 0) is 18.5 Å². The molecule has 0 aliphatic carbocycles. The van der Waals surface area contributed by atoms with Crippen LogP contribution in [0.25, 0.3) is 0 Å². The second-order valence-electron chi connectivity index (χ2n) is 3.29. The van der Waals surface area contributed by atoms with Crippen molar-refractivity contribution < 1.29 is 0 Å². The molecule has 1 aromatic heterocycles. The van der Waals surface area contributed by atoms with Gasteiger partial charge in [0.05, 0.1) is 0 Å². The molecule has 1 unspecified atom stereocenters. The molecule has 1 atom stereocenters. The summed E-state index contributed by atoms with van der Waals surface area (Å²) in [7, 11) is 3.68. The van der Waals surface area contributed by atoms with Crippen molar-refractivity contribution in [2.45, 2.75) is 13.0 Å².